The van der Waals surface area contributed by atoms with Gasteiger partial charge < -0.3 is 4.74 Å². The first-order valence-electron chi connectivity index (χ1n) is 6.12. The van der Waals surface area contributed by atoms with Crippen molar-refractivity contribution in [2.24, 2.45) is 0 Å². The van der Waals surface area contributed by atoms with Gasteiger partial charge >= 0.3 is 6.09 Å². The monoisotopic (exact) mass is 282 g/mol. The minimum atomic E-state index is -0.644. The van der Waals surface area contributed by atoms with Gasteiger partial charge in [-0.1, -0.05) is 18.2 Å². The molecular formula is C13H18N2O3S. The van der Waals surface area contributed by atoms with Crippen molar-refractivity contribution < 1.29 is 14.3 Å². The largest absolute Gasteiger partial charge is 0.449 e. The van der Waals surface area contributed by atoms with E-state index in [1.165, 1.54) is 4.90 Å². The fourth-order valence-corrected chi connectivity index (χ4v) is 2.16. The van der Waals surface area contributed by atoms with Crippen LogP contribution >= 0.6 is 11.8 Å². The third-order valence-electron chi connectivity index (χ3n) is 2.14. The zero-order valence-electron chi connectivity index (χ0n) is 10.8. The number of carbonyl (C=O) groups is 2. The van der Waals surface area contributed by atoms with E-state index in [9.17, 15) is 9.59 Å². The number of amides is 2. The fraction of sp³-hybridized carbons (Fsp3) is 0.385. The van der Waals surface area contributed by atoms with Crippen molar-refractivity contribution in [3.05, 3.63) is 30.3 Å². The number of nitrogens with one attached hydrogen (secondary N) is 2. The Hall–Kier alpha value is -1.69. The molecule has 0 atom stereocenters. The number of hydrogen-bond acceptors (Lipinski definition) is 4. The van der Waals surface area contributed by atoms with Gasteiger partial charge in [0.25, 0.3) is 0 Å². The van der Waals surface area contributed by atoms with E-state index in [1.807, 2.05) is 30.3 Å². The lowest BCUT2D eigenvalue weighted by Crippen LogP contribution is -2.41. The predicted molar refractivity (Wildman–Crippen MR) is 74.7 cm³/mol. The molecule has 19 heavy (non-hydrogen) atoms. The molecule has 1 aromatic carbocycles. The number of carbonyl (C=O) groups excluding carboxylic acids is 2. The minimum Gasteiger partial charge on any atom is -0.449 e. The molecule has 0 radical (unpaired) electrons. The van der Waals surface area contributed by atoms with Crippen LogP contribution in [0.1, 0.15) is 19.8 Å². The summed E-state index contributed by atoms with van der Waals surface area (Å²) in [5.41, 5.74) is 4.47. The van der Waals surface area contributed by atoms with Crippen molar-refractivity contribution in [1.29, 1.82) is 0 Å². The minimum absolute atomic E-state index is 0.221. The van der Waals surface area contributed by atoms with Crippen LogP contribution in [0.3, 0.4) is 0 Å². The van der Waals surface area contributed by atoms with Crippen LogP contribution in [-0.4, -0.2) is 24.4 Å². The standard InChI is InChI=1S/C13H18N2O3S/c1-2-18-13(17)15-14-12(16)9-6-10-19-11-7-4-3-5-8-11/h3-5,7-8H,2,6,9-10H2,1H3,(H,14,16)(H,15,17). The van der Waals surface area contributed by atoms with Gasteiger partial charge in [-0.2, -0.15) is 0 Å². The van der Waals surface area contributed by atoms with Gasteiger partial charge in [-0.25, -0.2) is 10.2 Å². The van der Waals surface area contributed by atoms with Crippen molar-refractivity contribution in [3.63, 3.8) is 0 Å². The summed E-state index contributed by atoms with van der Waals surface area (Å²) in [4.78, 5) is 23.5. The van der Waals surface area contributed by atoms with E-state index in [2.05, 4.69) is 15.6 Å². The summed E-state index contributed by atoms with van der Waals surface area (Å²) in [6, 6.07) is 10.0. The second-order valence-corrected chi connectivity index (χ2v) is 4.83. The van der Waals surface area contributed by atoms with Crippen molar-refractivity contribution in [1.82, 2.24) is 10.9 Å². The van der Waals surface area contributed by atoms with E-state index in [-0.39, 0.29) is 12.5 Å². The van der Waals surface area contributed by atoms with Crippen LogP contribution in [-0.2, 0) is 9.53 Å². The van der Waals surface area contributed by atoms with Crippen molar-refractivity contribution >= 4 is 23.8 Å². The summed E-state index contributed by atoms with van der Waals surface area (Å²) >= 11 is 1.70. The number of benzene rings is 1. The van der Waals surface area contributed by atoms with Crippen LogP contribution in [0, 0.1) is 0 Å². The molecular weight excluding hydrogens is 264 g/mol. The van der Waals surface area contributed by atoms with Crippen LogP contribution in [0.25, 0.3) is 0 Å². The van der Waals surface area contributed by atoms with Crippen LogP contribution in [0.4, 0.5) is 4.79 Å². The summed E-state index contributed by atoms with van der Waals surface area (Å²) < 4.78 is 4.61. The lowest BCUT2D eigenvalue weighted by molar-refractivity contribution is -0.121. The molecule has 0 saturated carbocycles. The Morgan fingerprint density at radius 2 is 1.95 bits per heavy atom. The topological polar surface area (TPSA) is 67.4 Å². The third-order valence-corrected chi connectivity index (χ3v) is 3.24. The average molecular weight is 282 g/mol. The first-order valence-corrected chi connectivity index (χ1v) is 7.10. The van der Waals surface area contributed by atoms with Gasteiger partial charge in [0.1, 0.15) is 0 Å². The van der Waals surface area contributed by atoms with Gasteiger partial charge in [-0.3, -0.25) is 10.2 Å². The third kappa shape index (κ3) is 7.35. The van der Waals surface area contributed by atoms with Gasteiger partial charge in [0.05, 0.1) is 6.61 Å². The molecule has 1 aromatic rings. The van der Waals surface area contributed by atoms with Crippen molar-refractivity contribution in [2.75, 3.05) is 12.4 Å². The molecule has 0 saturated heterocycles. The second-order valence-electron chi connectivity index (χ2n) is 3.66. The predicted octanol–water partition coefficient (Wildman–Crippen LogP) is 2.34. The average Bonchev–Trinajstić information content (AvgIpc) is 2.43. The number of thioether (sulfide) groups is 1. The molecule has 2 N–H and O–H groups in total. The smallest absolute Gasteiger partial charge is 0.426 e. The van der Waals surface area contributed by atoms with Gasteiger partial charge in [0.15, 0.2) is 0 Å². The molecule has 0 bridgehead atoms. The van der Waals surface area contributed by atoms with E-state index in [1.54, 1.807) is 18.7 Å². The van der Waals surface area contributed by atoms with Crippen LogP contribution in [0.5, 0.6) is 0 Å². The maximum Gasteiger partial charge on any atom is 0.426 e. The van der Waals surface area contributed by atoms with Gasteiger partial charge in [0, 0.05) is 11.3 Å². The highest BCUT2D eigenvalue weighted by molar-refractivity contribution is 7.99. The highest BCUT2D eigenvalue weighted by Gasteiger charge is 2.04. The Morgan fingerprint density at radius 3 is 2.63 bits per heavy atom. The second kappa shape index (κ2) is 9.27. The lowest BCUT2D eigenvalue weighted by Gasteiger charge is -2.06. The van der Waals surface area contributed by atoms with E-state index < -0.39 is 6.09 Å². The molecule has 6 heteroatoms. The Balaban J connectivity index is 2.06. The summed E-state index contributed by atoms with van der Waals surface area (Å²) in [6.07, 6.45) is 0.469. The summed E-state index contributed by atoms with van der Waals surface area (Å²) in [6.45, 7) is 1.97. The molecule has 0 aliphatic rings. The summed E-state index contributed by atoms with van der Waals surface area (Å²) in [5.74, 6) is 0.637. The first-order chi connectivity index (χ1) is 9.22. The molecule has 0 unspecified atom stereocenters. The molecule has 104 valence electrons. The molecule has 0 fully saturated rings. The van der Waals surface area contributed by atoms with Gasteiger partial charge in [-0.05, 0) is 31.2 Å². The quantitative estimate of drug-likeness (QED) is 0.477. The normalized spacial score (nSPS) is 9.74. The zero-order chi connectivity index (χ0) is 13.9. The Kier molecular flexibility index (Phi) is 7.50. The molecule has 0 heterocycles. The SMILES string of the molecule is CCOC(=O)NNC(=O)CCCSc1ccccc1. The Bertz CT molecular complexity index is 398. The molecule has 1 rings (SSSR count). The number of hydrazine groups is 1. The molecule has 0 aromatic heterocycles. The molecule has 0 aliphatic carbocycles. The van der Waals surface area contributed by atoms with Gasteiger partial charge in [-0.15, -0.1) is 11.8 Å². The van der Waals surface area contributed by atoms with Crippen LogP contribution < -0.4 is 10.9 Å². The highest BCUT2D eigenvalue weighted by atomic mass is 32.2. The molecule has 0 spiro atoms. The Morgan fingerprint density at radius 1 is 1.21 bits per heavy atom. The number of rotatable bonds is 6. The lowest BCUT2D eigenvalue weighted by atomic mass is 10.3. The molecule has 2 amide bonds. The van der Waals surface area contributed by atoms with Crippen LogP contribution in [0.2, 0.25) is 0 Å². The maximum absolute atomic E-state index is 11.4. The zero-order valence-corrected chi connectivity index (χ0v) is 11.7. The van der Waals surface area contributed by atoms with E-state index >= 15 is 0 Å². The first kappa shape index (κ1) is 15.4. The Labute approximate surface area is 117 Å². The van der Waals surface area contributed by atoms with Crippen molar-refractivity contribution in [3.8, 4) is 0 Å². The van der Waals surface area contributed by atoms with E-state index in [4.69, 9.17) is 0 Å². The summed E-state index contributed by atoms with van der Waals surface area (Å²) in [5, 5.41) is 0. The molecule has 5 nitrogen and oxygen atoms in total. The van der Waals surface area contributed by atoms with Crippen molar-refractivity contribution in [2.45, 2.75) is 24.7 Å². The van der Waals surface area contributed by atoms with E-state index in [0.717, 1.165) is 12.2 Å². The van der Waals surface area contributed by atoms with Gasteiger partial charge in [0.2, 0.25) is 5.91 Å². The summed E-state index contributed by atoms with van der Waals surface area (Å²) in [7, 11) is 0. The molecule has 0 aliphatic heterocycles. The van der Waals surface area contributed by atoms with E-state index in [0.29, 0.717) is 6.42 Å². The number of hydrogen-bond donors (Lipinski definition) is 2. The number of ether oxygens (including phenoxy) is 1. The highest BCUT2D eigenvalue weighted by Crippen LogP contribution is 2.18. The van der Waals surface area contributed by atoms with Crippen LogP contribution in [0.15, 0.2) is 35.2 Å². The fourth-order valence-electron chi connectivity index (χ4n) is 1.29. The maximum atomic E-state index is 11.4.